The number of fused-ring (bicyclic) bond motifs is 1. The highest BCUT2D eigenvalue weighted by Crippen LogP contribution is 2.36. The van der Waals surface area contributed by atoms with Crippen molar-refractivity contribution >= 4 is 36.7 Å². The lowest BCUT2D eigenvalue weighted by molar-refractivity contribution is -0.124. The monoisotopic (exact) mass is 553 g/mol. The molecule has 3 rings (SSSR count). The summed E-state index contributed by atoms with van der Waals surface area (Å²) in [6.45, 7) is 6.21. The van der Waals surface area contributed by atoms with Gasteiger partial charge >= 0.3 is 0 Å². The summed E-state index contributed by atoms with van der Waals surface area (Å²) in [4.78, 5) is 17.3. The van der Waals surface area contributed by atoms with Crippen LogP contribution in [0.2, 0.25) is 0 Å². The second-order valence-corrected chi connectivity index (χ2v) is 14.3. The Morgan fingerprint density at radius 2 is 1.84 bits per heavy atom. The van der Waals surface area contributed by atoms with E-state index in [9.17, 15) is 26.7 Å². The van der Waals surface area contributed by atoms with Crippen LogP contribution in [-0.4, -0.2) is 63.0 Å². The Hall–Kier alpha value is -2.08. The Balaban J connectivity index is 1.80. The molecule has 1 aromatic carbocycles. The Bertz CT molecular complexity index is 1290. The second-order valence-electron chi connectivity index (χ2n) is 10.5. The van der Waals surface area contributed by atoms with Gasteiger partial charge in [0.25, 0.3) is 0 Å². The molecule has 0 bridgehead atoms. The van der Waals surface area contributed by atoms with Crippen LogP contribution in [0.15, 0.2) is 41.4 Å². The van der Waals surface area contributed by atoms with Crippen LogP contribution in [-0.2, 0) is 24.7 Å². The molecule has 1 aliphatic rings. The van der Waals surface area contributed by atoms with Crippen LogP contribution in [0.4, 0.5) is 0 Å². The van der Waals surface area contributed by atoms with E-state index >= 15 is 0 Å². The van der Waals surface area contributed by atoms with E-state index in [-0.39, 0.29) is 10.4 Å². The second kappa shape index (κ2) is 12.2. The molecule has 0 aliphatic heterocycles. The lowest BCUT2D eigenvalue weighted by Gasteiger charge is -2.36. The summed E-state index contributed by atoms with van der Waals surface area (Å²) in [6.07, 6.45) is 5.73. The molecule has 0 spiro atoms. The number of aromatic nitrogens is 1. The van der Waals surface area contributed by atoms with Gasteiger partial charge in [-0.2, -0.15) is 0 Å². The molecule has 1 amide bonds. The zero-order chi connectivity index (χ0) is 27.4. The van der Waals surface area contributed by atoms with Gasteiger partial charge in [-0.3, -0.25) is 9.78 Å². The van der Waals surface area contributed by atoms with E-state index in [4.69, 9.17) is 0 Å². The summed E-state index contributed by atoms with van der Waals surface area (Å²) >= 11 is 0. The first-order valence-electron chi connectivity index (χ1n) is 12.8. The molecule has 0 radical (unpaired) electrons. The number of amides is 1. The summed E-state index contributed by atoms with van der Waals surface area (Å²) in [5.41, 5.74) is 0.251. The van der Waals surface area contributed by atoms with Gasteiger partial charge in [0.15, 0.2) is 9.84 Å². The molecule has 1 aliphatic carbocycles. The van der Waals surface area contributed by atoms with E-state index in [2.05, 4.69) is 28.9 Å². The maximum atomic E-state index is 13.4. The van der Waals surface area contributed by atoms with Crippen LogP contribution in [0.1, 0.15) is 52.9 Å². The van der Waals surface area contributed by atoms with Crippen molar-refractivity contribution in [1.29, 1.82) is 0 Å². The smallest absolute Gasteiger partial charge is 0.239 e. The topological polar surface area (TPSA) is 143 Å². The molecule has 3 N–H and O–H groups in total. The first-order valence-corrected chi connectivity index (χ1v) is 16.4. The van der Waals surface area contributed by atoms with Crippen LogP contribution >= 0.6 is 0 Å². The number of hydrogen-bond donors (Lipinski definition) is 3. The molecule has 9 nitrogen and oxygen atoms in total. The van der Waals surface area contributed by atoms with Crippen molar-refractivity contribution < 1.29 is 26.7 Å². The first-order chi connectivity index (χ1) is 17.3. The molecule has 1 heterocycles. The van der Waals surface area contributed by atoms with E-state index < -0.39 is 49.7 Å². The number of pyridine rings is 1. The zero-order valence-corrected chi connectivity index (χ0v) is 23.6. The molecular weight excluding hydrogens is 514 g/mol. The van der Waals surface area contributed by atoms with Crippen LogP contribution in [0, 0.1) is 17.8 Å². The molecule has 6 atom stereocenters. The molecule has 1 fully saturated rings. The van der Waals surface area contributed by atoms with Crippen LogP contribution in [0.5, 0.6) is 0 Å². The van der Waals surface area contributed by atoms with Crippen molar-refractivity contribution in [3.8, 4) is 0 Å². The quantitative estimate of drug-likeness (QED) is 0.388. The Morgan fingerprint density at radius 3 is 2.51 bits per heavy atom. The van der Waals surface area contributed by atoms with Crippen LogP contribution in [0.25, 0.3) is 10.9 Å². The number of sulfonamides is 1. The van der Waals surface area contributed by atoms with Gasteiger partial charge in [0.2, 0.25) is 15.9 Å². The molecule has 206 valence electrons. The molecule has 11 heteroatoms. The number of nitrogens with zero attached hydrogens (tertiary/aromatic N) is 1. The lowest BCUT2D eigenvalue weighted by atomic mass is 9.73. The van der Waals surface area contributed by atoms with Crippen molar-refractivity contribution in [1.82, 2.24) is 15.0 Å². The molecule has 2 aromatic rings. The van der Waals surface area contributed by atoms with E-state index in [1.807, 2.05) is 6.92 Å². The van der Waals surface area contributed by atoms with Crippen molar-refractivity contribution in [3.05, 3.63) is 36.5 Å². The van der Waals surface area contributed by atoms with Gasteiger partial charge in [0, 0.05) is 11.6 Å². The highest BCUT2D eigenvalue weighted by Gasteiger charge is 2.34. The molecule has 1 aromatic heterocycles. The maximum absolute atomic E-state index is 13.4. The number of benzene rings is 1. The van der Waals surface area contributed by atoms with Gasteiger partial charge in [-0.1, -0.05) is 51.8 Å². The van der Waals surface area contributed by atoms with Crippen molar-refractivity contribution in [2.24, 2.45) is 17.8 Å². The predicted octanol–water partition coefficient (Wildman–Crippen LogP) is 2.64. The Kier molecular flexibility index (Phi) is 9.71. The van der Waals surface area contributed by atoms with Gasteiger partial charge < -0.3 is 10.4 Å². The summed E-state index contributed by atoms with van der Waals surface area (Å²) < 4.78 is 53.0. The standard InChI is InChI=1S/C26H39N3O6S2/c1-5-21(23(30)15-20-14-17(2)11-12-18(20)3)28-26(31)22(29-36(4,32)33)16-37(34,35)24-10-6-8-19-9-7-13-27-25(19)24/h6-10,13,17-18,20-23,29-30H,5,11-12,14-16H2,1-4H3,(H,28,31). The minimum absolute atomic E-state index is 0.0776. The largest absolute Gasteiger partial charge is 0.391 e. The molecule has 0 saturated heterocycles. The zero-order valence-electron chi connectivity index (χ0n) is 21.9. The number of aliphatic hydroxyl groups excluding tert-OH is 1. The highest BCUT2D eigenvalue weighted by molar-refractivity contribution is 7.92. The summed E-state index contributed by atoms with van der Waals surface area (Å²) in [6, 6.07) is 5.89. The third-order valence-corrected chi connectivity index (χ3v) is 9.87. The molecular formula is C26H39N3O6S2. The van der Waals surface area contributed by atoms with Gasteiger partial charge in [0.1, 0.15) is 6.04 Å². The van der Waals surface area contributed by atoms with E-state index in [0.717, 1.165) is 19.1 Å². The third kappa shape index (κ3) is 7.95. The minimum atomic E-state index is -4.12. The number of para-hydroxylation sites is 1. The fourth-order valence-electron chi connectivity index (χ4n) is 5.26. The first kappa shape index (κ1) is 29.5. The van der Waals surface area contributed by atoms with E-state index in [1.54, 1.807) is 24.3 Å². The normalized spacial score (nSPS) is 23.3. The molecule has 37 heavy (non-hydrogen) atoms. The van der Waals surface area contributed by atoms with Crippen LogP contribution < -0.4 is 10.0 Å². The van der Waals surface area contributed by atoms with E-state index in [1.165, 1.54) is 18.7 Å². The summed E-state index contributed by atoms with van der Waals surface area (Å²) in [7, 11) is -8.03. The van der Waals surface area contributed by atoms with Crippen molar-refractivity contribution in [3.63, 3.8) is 0 Å². The van der Waals surface area contributed by atoms with Crippen molar-refractivity contribution in [2.45, 2.75) is 76.0 Å². The minimum Gasteiger partial charge on any atom is -0.391 e. The number of sulfone groups is 1. The number of carbonyl (C=O) groups is 1. The summed E-state index contributed by atoms with van der Waals surface area (Å²) in [5, 5.41) is 14.3. The molecule has 6 unspecified atom stereocenters. The van der Waals surface area contributed by atoms with Crippen LogP contribution in [0.3, 0.4) is 0 Å². The van der Waals surface area contributed by atoms with Gasteiger partial charge in [0.05, 0.1) is 34.6 Å². The Morgan fingerprint density at radius 1 is 1.14 bits per heavy atom. The fourth-order valence-corrected chi connectivity index (χ4v) is 7.68. The average Bonchev–Trinajstić information content (AvgIpc) is 2.82. The highest BCUT2D eigenvalue weighted by atomic mass is 32.2. The van der Waals surface area contributed by atoms with Gasteiger partial charge in [-0.05, 0) is 49.1 Å². The van der Waals surface area contributed by atoms with Crippen molar-refractivity contribution in [2.75, 3.05) is 12.0 Å². The summed E-state index contributed by atoms with van der Waals surface area (Å²) in [5.74, 6) is -0.198. The third-order valence-electron chi connectivity index (χ3n) is 7.39. The predicted molar refractivity (Wildman–Crippen MR) is 144 cm³/mol. The maximum Gasteiger partial charge on any atom is 0.239 e. The van der Waals surface area contributed by atoms with E-state index in [0.29, 0.717) is 36.0 Å². The Labute approximate surface area is 220 Å². The van der Waals surface area contributed by atoms with Gasteiger partial charge in [-0.15, -0.1) is 0 Å². The SMILES string of the molecule is CCC(NC(=O)C(CS(=O)(=O)c1cccc2cccnc12)NS(C)(=O)=O)C(O)CC1CC(C)CCC1C. The lowest BCUT2D eigenvalue weighted by Crippen LogP contribution is -2.54. The number of hydrogen-bond acceptors (Lipinski definition) is 7. The fraction of sp³-hybridized carbons (Fsp3) is 0.615. The molecule has 1 saturated carbocycles. The number of carbonyl (C=O) groups excluding carboxylic acids is 1. The average molecular weight is 554 g/mol. The number of rotatable bonds is 11. The number of aliphatic hydroxyl groups is 1. The van der Waals surface area contributed by atoms with Gasteiger partial charge in [-0.25, -0.2) is 21.6 Å². The number of nitrogens with one attached hydrogen (secondary N) is 2.